The van der Waals surface area contributed by atoms with Gasteiger partial charge >= 0.3 is 11.8 Å². The Hall–Kier alpha value is -3.95. The molecule has 0 atom stereocenters. The number of nitrogens with zero attached hydrogens (tertiary/aromatic N) is 3. The smallest absolute Gasteiger partial charge is 0.314 e. The number of carbonyl (C=O) groups excluding carboxylic acids is 2. The number of aromatic nitrogens is 4. The van der Waals surface area contributed by atoms with E-state index in [1.54, 1.807) is 44.4 Å². The molecule has 0 aliphatic rings. The summed E-state index contributed by atoms with van der Waals surface area (Å²) in [5, 5.41) is 9.31. The topological polar surface area (TPSA) is 131 Å². The number of hydrogen-bond acceptors (Lipinski definition) is 6. The van der Waals surface area contributed by atoms with Crippen molar-refractivity contribution in [2.24, 2.45) is 0 Å². The molecule has 0 bridgehead atoms. The molecule has 0 radical (unpaired) electrons. The van der Waals surface area contributed by atoms with E-state index in [-0.39, 0.29) is 23.9 Å². The number of aryl methyl sites for hydroxylation is 2. The van der Waals surface area contributed by atoms with Gasteiger partial charge in [-0.1, -0.05) is 19.1 Å². The first-order valence-electron chi connectivity index (χ1n) is 9.29. The Morgan fingerprint density at radius 3 is 2.57 bits per heavy atom. The van der Waals surface area contributed by atoms with Crippen LogP contribution in [-0.2, 0) is 22.6 Å². The van der Waals surface area contributed by atoms with E-state index in [0.29, 0.717) is 23.6 Å². The van der Waals surface area contributed by atoms with E-state index in [0.717, 1.165) is 5.56 Å². The predicted octanol–water partition coefficient (Wildman–Crippen LogP) is 1.09. The number of anilines is 1. The van der Waals surface area contributed by atoms with Crippen molar-refractivity contribution in [2.75, 3.05) is 12.4 Å². The highest BCUT2D eigenvalue weighted by molar-refractivity contribution is 6.39. The van der Waals surface area contributed by atoms with Gasteiger partial charge in [-0.15, -0.1) is 0 Å². The zero-order valence-corrected chi connectivity index (χ0v) is 16.9. The van der Waals surface area contributed by atoms with Gasteiger partial charge in [-0.25, -0.2) is 4.98 Å². The molecule has 2 heterocycles. The van der Waals surface area contributed by atoms with Gasteiger partial charge in [0.2, 0.25) is 5.95 Å². The van der Waals surface area contributed by atoms with Crippen molar-refractivity contribution in [3.05, 3.63) is 63.7 Å². The lowest BCUT2D eigenvalue weighted by Gasteiger charge is -2.09. The van der Waals surface area contributed by atoms with E-state index < -0.39 is 11.8 Å². The van der Waals surface area contributed by atoms with E-state index in [1.807, 2.05) is 6.92 Å². The summed E-state index contributed by atoms with van der Waals surface area (Å²) in [4.78, 5) is 43.3. The molecule has 2 amide bonds. The molecule has 0 aliphatic heterocycles. The molecule has 3 aromatic rings. The number of nitrogens with one attached hydrogen (secondary N) is 3. The highest BCUT2D eigenvalue weighted by Crippen LogP contribution is 2.14. The third kappa shape index (κ3) is 4.90. The number of H-pyrrole nitrogens is 1. The van der Waals surface area contributed by atoms with Crippen LogP contribution in [-0.4, -0.2) is 38.7 Å². The number of amides is 2. The molecule has 0 unspecified atom stereocenters. The van der Waals surface area contributed by atoms with Gasteiger partial charge in [-0.2, -0.15) is 9.78 Å². The maximum absolute atomic E-state index is 12.3. The molecule has 3 N–H and O–H groups in total. The number of hydrogen-bond donors (Lipinski definition) is 3. The molecule has 2 aromatic heterocycles. The first-order valence-corrected chi connectivity index (χ1v) is 9.29. The highest BCUT2D eigenvalue weighted by atomic mass is 16.5. The van der Waals surface area contributed by atoms with Gasteiger partial charge in [0.1, 0.15) is 11.6 Å². The van der Waals surface area contributed by atoms with Gasteiger partial charge in [0.25, 0.3) is 5.56 Å². The molecule has 156 valence electrons. The van der Waals surface area contributed by atoms with Gasteiger partial charge in [0, 0.05) is 24.4 Å². The van der Waals surface area contributed by atoms with Crippen molar-refractivity contribution in [1.82, 2.24) is 25.1 Å². The molecule has 0 saturated carbocycles. The number of benzene rings is 1. The van der Waals surface area contributed by atoms with Crippen molar-refractivity contribution in [3.8, 4) is 11.7 Å². The van der Waals surface area contributed by atoms with Crippen molar-refractivity contribution in [1.29, 1.82) is 0 Å². The Balaban J connectivity index is 1.71. The molecule has 0 saturated heterocycles. The van der Waals surface area contributed by atoms with Gasteiger partial charge in [-0.05, 0) is 31.0 Å². The zero-order chi connectivity index (χ0) is 21.7. The Bertz CT molecular complexity index is 1120. The molecular weight excluding hydrogens is 388 g/mol. The molecule has 0 spiro atoms. The van der Waals surface area contributed by atoms with Gasteiger partial charge < -0.3 is 15.4 Å². The van der Waals surface area contributed by atoms with E-state index in [4.69, 9.17) is 4.74 Å². The third-order valence-electron chi connectivity index (χ3n) is 4.24. The summed E-state index contributed by atoms with van der Waals surface area (Å²) >= 11 is 0. The number of ether oxygens (including phenoxy) is 1. The lowest BCUT2D eigenvalue weighted by molar-refractivity contribution is -0.136. The Morgan fingerprint density at radius 1 is 1.17 bits per heavy atom. The molecular formula is C20H22N6O4. The summed E-state index contributed by atoms with van der Waals surface area (Å²) in [6.45, 7) is 3.77. The van der Waals surface area contributed by atoms with Crippen molar-refractivity contribution < 1.29 is 14.3 Å². The first-order chi connectivity index (χ1) is 14.4. The van der Waals surface area contributed by atoms with Crippen LogP contribution in [0.4, 0.5) is 5.82 Å². The minimum atomic E-state index is -0.862. The van der Waals surface area contributed by atoms with Crippen molar-refractivity contribution in [3.63, 3.8) is 0 Å². The fourth-order valence-corrected chi connectivity index (χ4v) is 2.70. The maximum atomic E-state index is 12.3. The standard InChI is InChI=1S/C20H22N6O4/c1-4-14-10-17(27)24-20(22-14)26-16(9-12(2)25-26)23-19(29)18(28)21-11-13-5-7-15(30-3)8-6-13/h5-10H,4,11H2,1-3H3,(H,21,28)(H,23,29)(H,22,24,27). The predicted molar refractivity (Wildman–Crippen MR) is 110 cm³/mol. The van der Waals surface area contributed by atoms with Crippen LogP contribution in [0.5, 0.6) is 5.75 Å². The quantitative estimate of drug-likeness (QED) is 0.522. The second-order valence-electron chi connectivity index (χ2n) is 6.48. The minimum absolute atomic E-state index is 0.154. The number of aromatic amines is 1. The molecule has 30 heavy (non-hydrogen) atoms. The molecule has 0 fully saturated rings. The monoisotopic (exact) mass is 410 g/mol. The molecule has 10 heteroatoms. The fraction of sp³-hybridized carbons (Fsp3) is 0.250. The van der Waals surface area contributed by atoms with E-state index in [1.165, 1.54) is 10.7 Å². The van der Waals surface area contributed by atoms with Crippen LogP contribution in [0, 0.1) is 6.92 Å². The van der Waals surface area contributed by atoms with Crippen molar-refractivity contribution >= 4 is 17.6 Å². The lowest BCUT2D eigenvalue weighted by atomic mass is 10.2. The van der Waals surface area contributed by atoms with Gasteiger partial charge in [-0.3, -0.25) is 19.4 Å². The Morgan fingerprint density at radius 2 is 1.90 bits per heavy atom. The average Bonchev–Trinajstić information content (AvgIpc) is 3.11. The summed E-state index contributed by atoms with van der Waals surface area (Å²) in [5.41, 5.74) is 1.64. The van der Waals surface area contributed by atoms with Gasteiger partial charge in [0.05, 0.1) is 12.8 Å². The SMILES string of the molecule is CCc1cc(=O)[nH]c(-n2nc(C)cc2NC(=O)C(=O)NCc2ccc(OC)cc2)n1. The summed E-state index contributed by atoms with van der Waals surface area (Å²) in [7, 11) is 1.57. The van der Waals surface area contributed by atoms with Gasteiger partial charge in [0.15, 0.2) is 0 Å². The normalized spacial score (nSPS) is 10.5. The zero-order valence-electron chi connectivity index (χ0n) is 16.9. The Labute approximate surface area is 172 Å². The van der Waals surface area contributed by atoms with Crippen LogP contribution in [0.15, 0.2) is 41.2 Å². The van der Waals surface area contributed by atoms with Crippen molar-refractivity contribution in [2.45, 2.75) is 26.8 Å². The lowest BCUT2D eigenvalue weighted by Crippen LogP contribution is -2.35. The third-order valence-corrected chi connectivity index (χ3v) is 4.24. The summed E-state index contributed by atoms with van der Waals surface area (Å²) in [5.74, 6) is -0.598. The van der Waals surface area contributed by atoms with Crippen LogP contribution >= 0.6 is 0 Å². The average molecular weight is 410 g/mol. The second-order valence-corrected chi connectivity index (χ2v) is 6.48. The van der Waals surface area contributed by atoms with Crippen LogP contribution in [0.3, 0.4) is 0 Å². The number of rotatable bonds is 6. The van der Waals surface area contributed by atoms with E-state index in [2.05, 4.69) is 25.7 Å². The van der Waals surface area contributed by atoms with Crippen LogP contribution in [0.2, 0.25) is 0 Å². The highest BCUT2D eigenvalue weighted by Gasteiger charge is 2.18. The molecule has 10 nitrogen and oxygen atoms in total. The summed E-state index contributed by atoms with van der Waals surface area (Å²) < 4.78 is 6.37. The number of carbonyl (C=O) groups is 2. The minimum Gasteiger partial charge on any atom is -0.497 e. The van der Waals surface area contributed by atoms with Crippen LogP contribution in [0.25, 0.3) is 5.95 Å². The molecule has 3 rings (SSSR count). The second kappa shape index (κ2) is 9.03. The molecule has 1 aromatic carbocycles. The Kier molecular flexibility index (Phi) is 6.26. The van der Waals surface area contributed by atoms with E-state index >= 15 is 0 Å². The number of methoxy groups -OCH3 is 1. The van der Waals surface area contributed by atoms with Crippen LogP contribution in [0.1, 0.15) is 23.9 Å². The fourth-order valence-electron chi connectivity index (χ4n) is 2.70. The largest absolute Gasteiger partial charge is 0.497 e. The van der Waals surface area contributed by atoms with Crippen LogP contribution < -0.4 is 20.9 Å². The first kappa shape index (κ1) is 20.8. The van der Waals surface area contributed by atoms with E-state index in [9.17, 15) is 14.4 Å². The summed E-state index contributed by atoms with van der Waals surface area (Å²) in [6, 6.07) is 10.1. The summed E-state index contributed by atoms with van der Waals surface area (Å²) in [6.07, 6.45) is 0.562. The maximum Gasteiger partial charge on any atom is 0.314 e. The molecule has 0 aliphatic carbocycles.